The smallest absolute Gasteiger partial charge is 0.230 e. The highest BCUT2D eigenvalue weighted by molar-refractivity contribution is 6.30. The Kier molecular flexibility index (Phi) is 6.63. The van der Waals surface area contributed by atoms with Crippen LogP contribution in [0.1, 0.15) is 50.3 Å². The van der Waals surface area contributed by atoms with Crippen LogP contribution in [0, 0.1) is 0 Å². The third-order valence-electron chi connectivity index (χ3n) is 4.82. The molecule has 0 atom stereocenters. The van der Waals surface area contributed by atoms with E-state index in [4.69, 9.17) is 21.9 Å². The molecule has 1 aromatic carbocycles. The standard InChI is InChI=1S/C19H25ClN4O2/c20-16-6-4-5-15(13-16)18-22-19(26-23-18)14-8-11-24(12-9-14)17(25)7-2-1-3-10-21/h4-6,13-14H,1-3,7-12,21H2. The van der Waals surface area contributed by atoms with Gasteiger partial charge in [0.25, 0.3) is 0 Å². The molecule has 2 N–H and O–H groups in total. The van der Waals surface area contributed by atoms with Gasteiger partial charge in [-0.25, -0.2) is 0 Å². The summed E-state index contributed by atoms with van der Waals surface area (Å²) < 4.78 is 5.47. The predicted octanol–water partition coefficient (Wildman–Crippen LogP) is 3.62. The maximum absolute atomic E-state index is 12.3. The zero-order valence-electron chi connectivity index (χ0n) is 14.9. The second kappa shape index (κ2) is 9.14. The summed E-state index contributed by atoms with van der Waals surface area (Å²) in [7, 11) is 0. The van der Waals surface area contributed by atoms with Gasteiger partial charge in [0.2, 0.25) is 17.6 Å². The summed E-state index contributed by atoms with van der Waals surface area (Å²) >= 11 is 6.02. The van der Waals surface area contributed by atoms with E-state index in [1.165, 1.54) is 0 Å². The molecule has 0 aliphatic carbocycles. The van der Waals surface area contributed by atoms with Crippen molar-refractivity contribution in [2.75, 3.05) is 19.6 Å². The molecule has 3 rings (SSSR count). The van der Waals surface area contributed by atoms with Gasteiger partial charge in [-0.15, -0.1) is 0 Å². The first-order chi connectivity index (χ1) is 12.7. The molecular formula is C19H25ClN4O2. The van der Waals surface area contributed by atoms with E-state index < -0.39 is 0 Å². The quantitative estimate of drug-likeness (QED) is 0.746. The molecule has 0 saturated carbocycles. The number of nitrogens with two attached hydrogens (primary N) is 1. The van der Waals surface area contributed by atoms with Crippen LogP contribution in [0.2, 0.25) is 5.02 Å². The number of likely N-dealkylation sites (tertiary alicyclic amines) is 1. The number of halogens is 1. The monoisotopic (exact) mass is 376 g/mol. The Morgan fingerprint density at radius 1 is 1.27 bits per heavy atom. The van der Waals surface area contributed by atoms with E-state index in [-0.39, 0.29) is 11.8 Å². The lowest BCUT2D eigenvalue weighted by Gasteiger charge is -2.30. The third-order valence-corrected chi connectivity index (χ3v) is 5.05. The van der Waals surface area contributed by atoms with Crippen LogP contribution in [0.4, 0.5) is 0 Å². The first-order valence-corrected chi connectivity index (χ1v) is 9.62. The minimum absolute atomic E-state index is 0.205. The van der Waals surface area contributed by atoms with Crippen molar-refractivity contribution in [1.82, 2.24) is 15.0 Å². The molecule has 0 spiro atoms. The van der Waals surface area contributed by atoms with Crippen LogP contribution in [0.15, 0.2) is 28.8 Å². The van der Waals surface area contributed by atoms with E-state index >= 15 is 0 Å². The lowest BCUT2D eigenvalue weighted by Crippen LogP contribution is -2.37. The minimum Gasteiger partial charge on any atom is -0.343 e. The summed E-state index contributed by atoms with van der Waals surface area (Å²) in [5.41, 5.74) is 6.33. The topological polar surface area (TPSA) is 85.3 Å². The molecule has 1 saturated heterocycles. The van der Waals surface area contributed by atoms with Crippen molar-refractivity contribution in [3.63, 3.8) is 0 Å². The molecule has 0 bridgehead atoms. The third kappa shape index (κ3) is 4.83. The first-order valence-electron chi connectivity index (χ1n) is 9.25. The number of aromatic nitrogens is 2. The van der Waals surface area contributed by atoms with E-state index in [2.05, 4.69) is 10.1 Å². The van der Waals surface area contributed by atoms with Crippen LogP contribution in [-0.2, 0) is 4.79 Å². The average molecular weight is 377 g/mol. The Hall–Kier alpha value is -1.92. The number of rotatable bonds is 7. The average Bonchev–Trinajstić information content (AvgIpc) is 3.15. The molecule has 6 nitrogen and oxygen atoms in total. The molecule has 140 valence electrons. The van der Waals surface area contributed by atoms with Crippen LogP contribution in [0.25, 0.3) is 11.4 Å². The van der Waals surface area contributed by atoms with Crippen LogP contribution < -0.4 is 5.73 Å². The number of unbranched alkanes of at least 4 members (excludes halogenated alkanes) is 2. The van der Waals surface area contributed by atoms with Gasteiger partial charge in [0.15, 0.2) is 0 Å². The Labute approximate surface area is 158 Å². The van der Waals surface area contributed by atoms with E-state index in [0.717, 1.165) is 50.8 Å². The number of hydrogen-bond acceptors (Lipinski definition) is 5. The summed E-state index contributed by atoms with van der Waals surface area (Å²) in [5, 5.41) is 4.72. The number of benzene rings is 1. The molecule has 2 aromatic rings. The lowest BCUT2D eigenvalue weighted by molar-refractivity contribution is -0.132. The van der Waals surface area contributed by atoms with Crippen molar-refractivity contribution in [2.24, 2.45) is 5.73 Å². The van der Waals surface area contributed by atoms with Crippen molar-refractivity contribution in [3.8, 4) is 11.4 Å². The second-order valence-electron chi connectivity index (χ2n) is 6.72. The fourth-order valence-corrected chi connectivity index (χ4v) is 3.47. The van der Waals surface area contributed by atoms with Gasteiger partial charge in [-0.1, -0.05) is 35.3 Å². The van der Waals surface area contributed by atoms with Crippen molar-refractivity contribution >= 4 is 17.5 Å². The van der Waals surface area contributed by atoms with Gasteiger partial charge in [-0.05, 0) is 44.4 Å². The SMILES string of the molecule is NCCCCCC(=O)N1CCC(c2nc(-c3cccc(Cl)c3)no2)CC1. The van der Waals surface area contributed by atoms with Crippen molar-refractivity contribution < 1.29 is 9.32 Å². The number of carbonyl (C=O) groups excluding carboxylic acids is 1. The van der Waals surface area contributed by atoms with Crippen LogP contribution in [0.3, 0.4) is 0 Å². The Morgan fingerprint density at radius 2 is 2.08 bits per heavy atom. The molecule has 0 unspecified atom stereocenters. The van der Waals surface area contributed by atoms with E-state index in [0.29, 0.717) is 29.7 Å². The predicted molar refractivity (Wildman–Crippen MR) is 101 cm³/mol. The molecule has 26 heavy (non-hydrogen) atoms. The van der Waals surface area contributed by atoms with Gasteiger partial charge < -0.3 is 15.2 Å². The number of piperidine rings is 1. The zero-order chi connectivity index (χ0) is 18.4. The van der Waals surface area contributed by atoms with E-state index in [1.807, 2.05) is 29.2 Å². The van der Waals surface area contributed by atoms with Crippen molar-refractivity contribution in [3.05, 3.63) is 35.2 Å². The van der Waals surface area contributed by atoms with Crippen LogP contribution >= 0.6 is 11.6 Å². The highest BCUT2D eigenvalue weighted by Crippen LogP contribution is 2.29. The largest absolute Gasteiger partial charge is 0.343 e. The van der Waals surface area contributed by atoms with Gasteiger partial charge in [0.1, 0.15) is 0 Å². The maximum atomic E-state index is 12.3. The molecule has 1 aliphatic rings. The summed E-state index contributed by atoms with van der Waals surface area (Å²) in [4.78, 5) is 18.7. The highest BCUT2D eigenvalue weighted by atomic mass is 35.5. The van der Waals surface area contributed by atoms with Gasteiger partial charge in [-0.2, -0.15) is 4.98 Å². The summed E-state index contributed by atoms with van der Waals surface area (Å²) in [6.07, 6.45) is 5.25. The summed E-state index contributed by atoms with van der Waals surface area (Å²) in [6.45, 7) is 2.19. The fraction of sp³-hybridized carbons (Fsp3) is 0.526. The Bertz CT molecular complexity index is 726. The Balaban J connectivity index is 1.51. The molecule has 7 heteroatoms. The molecule has 1 amide bonds. The number of nitrogens with zero attached hydrogens (tertiary/aromatic N) is 3. The molecule has 2 heterocycles. The number of amides is 1. The summed E-state index contributed by atoms with van der Waals surface area (Å²) in [6, 6.07) is 7.41. The van der Waals surface area contributed by atoms with Gasteiger partial charge >= 0.3 is 0 Å². The van der Waals surface area contributed by atoms with Gasteiger partial charge in [-0.3, -0.25) is 4.79 Å². The number of hydrogen-bond donors (Lipinski definition) is 1. The van der Waals surface area contributed by atoms with Crippen molar-refractivity contribution in [1.29, 1.82) is 0 Å². The normalized spacial score (nSPS) is 15.4. The zero-order valence-corrected chi connectivity index (χ0v) is 15.6. The molecule has 1 aliphatic heterocycles. The fourth-order valence-electron chi connectivity index (χ4n) is 3.28. The molecule has 1 fully saturated rings. The molecular weight excluding hydrogens is 352 g/mol. The lowest BCUT2D eigenvalue weighted by atomic mass is 9.96. The first kappa shape index (κ1) is 18.9. The van der Waals surface area contributed by atoms with E-state index in [1.54, 1.807) is 0 Å². The molecule has 0 radical (unpaired) electrons. The second-order valence-corrected chi connectivity index (χ2v) is 7.16. The highest BCUT2D eigenvalue weighted by Gasteiger charge is 2.27. The molecule has 1 aromatic heterocycles. The van der Waals surface area contributed by atoms with Crippen LogP contribution in [-0.4, -0.2) is 40.6 Å². The van der Waals surface area contributed by atoms with E-state index in [9.17, 15) is 4.79 Å². The van der Waals surface area contributed by atoms with Crippen molar-refractivity contribution in [2.45, 2.75) is 44.4 Å². The number of carbonyl (C=O) groups is 1. The maximum Gasteiger partial charge on any atom is 0.230 e. The minimum atomic E-state index is 0.205. The van der Waals surface area contributed by atoms with Gasteiger partial charge in [0.05, 0.1) is 0 Å². The van der Waals surface area contributed by atoms with Gasteiger partial charge in [0, 0.05) is 36.0 Å². The Morgan fingerprint density at radius 3 is 2.81 bits per heavy atom. The van der Waals surface area contributed by atoms with Crippen LogP contribution in [0.5, 0.6) is 0 Å². The summed E-state index contributed by atoms with van der Waals surface area (Å²) in [5.74, 6) is 1.65.